The molecule has 4 N–H and O–H groups in total. The third kappa shape index (κ3) is 3.61. The van der Waals surface area contributed by atoms with Gasteiger partial charge in [-0.05, 0) is 17.7 Å². The van der Waals surface area contributed by atoms with E-state index >= 15 is 0 Å². The smallest absolute Gasteiger partial charge is 0.338 e. The first-order chi connectivity index (χ1) is 13.2. The Morgan fingerprint density at radius 2 is 1.93 bits per heavy atom. The maximum atomic E-state index is 11.7. The number of H-pyrrole nitrogens is 1. The number of carbonyl (C=O) groups is 1. The molecule has 0 aliphatic heterocycles. The Balaban J connectivity index is 0.00000225. The maximum Gasteiger partial charge on any atom is 0.338 e. The summed E-state index contributed by atoms with van der Waals surface area (Å²) >= 11 is 0. The molecular weight excluding hydrogens is 378 g/mol. The van der Waals surface area contributed by atoms with E-state index in [2.05, 4.69) is 14.8 Å². The van der Waals surface area contributed by atoms with Gasteiger partial charge in [0.05, 0.1) is 22.5 Å². The summed E-state index contributed by atoms with van der Waals surface area (Å²) in [7, 11) is 0. The van der Waals surface area contributed by atoms with E-state index in [-0.39, 0.29) is 24.6 Å². The molecule has 28 heavy (non-hydrogen) atoms. The number of halogens is 1. The zero-order valence-electron chi connectivity index (χ0n) is 14.8. The van der Waals surface area contributed by atoms with Crippen molar-refractivity contribution in [3.8, 4) is 0 Å². The summed E-state index contributed by atoms with van der Waals surface area (Å²) in [5.74, 6) is 4.13. The third-order valence-electron chi connectivity index (χ3n) is 4.46. The Hall–Kier alpha value is -3.19. The molecule has 0 atom stereocenters. The molecule has 0 bridgehead atoms. The van der Waals surface area contributed by atoms with Gasteiger partial charge in [-0.1, -0.05) is 48.5 Å². The number of nitrogens with one attached hydrogen (secondary N) is 1. The highest BCUT2D eigenvalue weighted by Gasteiger charge is 2.19. The first kappa shape index (κ1) is 19.6. The number of benzene rings is 2. The first-order valence-electron chi connectivity index (χ1n) is 8.39. The van der Waals surface area contributed by atoms with Crippen LogP contribution in [0.25, 0.3) is 33.8 Å². The number of aromatic nitrogens is 2. The average Bonchev–Trinajstić information content (AvgIpc) is 3.06. The van der Waals surface area contributed by atoms with Gasteiger partial charge in [0.25, 0.3) is 0 Å². The van der Waals surface area contributed by atoms with Crippen molar-refractivity contribution < 1.29 is 14.7 Å². The van der Waals surface area contributed by atoms with E-state index in [1.54, 1.807) is 12.3 Å². The van der Waals surface area contributed by atoms with Crippen LogP contribution >= 0.6 is 12.4 Å². The van der Waals surface area contributed by atoms with Crippen LogP contribution in [0.4, 0.5) is 0 Å². The van der Waals surface area contributed by atoms with Gasteiger partial charge in [-0.25, -0.2) is 10.7 Å². The molecule has 0 aliphatic carbocycles. The second-order valence-electron chi connectivity index (χ2n) is 6.16. The second-order valence-corrected chi connectivity index (χ2v) is 6.16. The highest BCUT2D eigenvalue weighted by atomic mass is 35.5. The molecular formula is C21H18ClN3O3. The van der Waals surface area contributed by atoms with Gasteiger partial charge in [0.1, 0.15) is 6.61 Å². The van der Waals surface area contributed by atoms with Crippen LogP contribution in [-0.2, 0) is 11.4 Å². The number of carboxylic acids is 1. The molecule has 0 unspecified atom stereocenters. The van der Waals surface area contributed by atoms with Crippen molar-refractivity contribution in [3.05, 3.63) is 77.2 Å². The number of nitrogens with two attached hydrogens (primary N) is 1. The fourth-order valence-corrected chi connectivity index (χ4v) is 3.22. The Labute approximate surface area is 167 Å². The summed E-state index contributed by atoms with van der Waals surface area (Å²) in [6.45, 7) is -0.0103. The number of rotatable bonds is 5. The van der Waals surface area contributed by atoms with Gasteiger partial charge in [-0.3, -0.25) is 9.82 Å². The summed E-state index contributed by atoms with van der Waals surface area (Å²) in [6.07, 6.45) is 5.69. The van der Waals surface area contributed by atoms with Crippen LogP contribution in [0.2, 0.25) is 0 Å². The Bertz CT molecular complexity index is 1170. The highest BCUT2D eigenvalue weighted by molar-refractivity contribution is 6.13. The van der Waals surface area contributed by atoms with Crippen molar-refractivity contribution in [1.82, 2.24) is 9.97 Å². The lowest BCUT2D eigenvalue weighted by atomic mass is 10.1. The van der Waals surface area contributed by atoms with Crippen LogP contribution in [0.3, 0.4) is 0 Å². The van der Waals surface area contributed by atoms with Crippen molar-refractivity contribution in [1.29, 1.82) is 0 Å². The predicted octanol–water partition coefficient (Wildman–Crippen LogP) is 4.40. The van der Waals surface area contributed by atoms with E-state index in [0.29, 0.717) is 11.1 Å². The van der Waals surface area contributed by atoms with E-state index in [4.69, 9.17) is 5.90 Å². The van der Waals surface area contributed by atoms with Crippen molar-refractivity contribution >= 4 is 52.2 Å². The van der Waals surface area contributed by atoms with Crippen LogP contribution in [0, 0.1) is 0 Å². The van der Waals surface area contributed by atoms with Crippen molar-refractivity contribution in [2.45, 2.75) is 6.61 Å². The molecule has 4 rings (SSSR count). The molecule has 7 heteroatoms. The largest absolute Gasteiger partial charge is 0.478 e. The third-order valence-corrected chi connectivity index (χ3v) is 4.46. The summed E-state index contributed by atoms with van der Waals surface area (Å²) in [4.78, 5) is 24.0. The molecule has 0 saturated heterocycles. The van der Waals surface area contributed by atoms with Crippen molar-refractivity contribution in [2.24, 2.45) is 5.90 Å². The zero-order chi connectivity index (χ0) is 18.8. The van der Waals surface area contributed by atoms with Crippen LogP contribution in [0.5, 0.6) is 0 Å². The zero-order valence-corrected chi connectivity index (χ0v) is 15.6. The monoisotopic (exact) mass is 395 g/mol. The van der Waals surface area contributed by atoms with Gasteiger partial charge in [0.15, 0.2) is 0 Å². The number of aromatic carboxylic acids is 1. The number of nitrogens with zero attached hydrogens (tertiary/aromatic N) is 1. The van der Waals surface area contributed by atoms with Gasteiger partial charge in [0, 0.05) is 22.4 Å². The molecule has 0 aliphatic rings. The van der Waals surface area contributed by atoms with E-state index < -0.39 is 5.97 Å². The van der Waals surface area contributed by atoms with Crippen LogP contribution in [-0.4, -0.2) is 21.0 Å². The normalized spacial score (nSPS) is 11.2. The molecule has 0 saturated carbocycles. The maximum absolute atomic E-state index is 11.7. The number of hydrogen-bond acceptors (Lipinski definition) is 4. The Morgan fingerprint density at radius 1 is 1.14 bits per heavy atom. The first-order valence-corrected chi connectivity index (χ1v) is 8.39. The average molecular weight is 396 g/mol. The fourth-order valence-electron chi connectivity index (χ4n) is 3.22. The van der Waals surface area contributed by atoms with Gasteiger partial charge in [-0.15, -0.1) is 12.4 Å². The van der Waals surface area contributed by atoms with E-state index in [1.807, 2.05) is 54.6 Å². The molecule has 142 valence electrons. The molecule has 4 aromatic rings. The number of hydrogen-bond donors (Lipinski definition) is 3. The number of carboxylic acid groups (broad SMARTS) is 1. The SMILES string of the molecule is Cl.NOCc1[nH]c2c(ccc3cnc(C=Cc4ccccc4)cc32)c1C(=O)O. The topological polar surface area (TPSA) is 101 Å². The lowest BCUT2D eigenvalue weighted by Gasteiger charge is -2.02. The standard InChI is InChI=1S/C21H17N3O3.ClH/c22-27-12-18-19(21(25)26)16-9-7-14-11-23-15(10-17(14)20(16)24-18)8-6-13-4-2-1-3-5-13;/h1-11,24H,12,22H2,(H,25,26);1H. The minimum absolute atomic E-state index is 0. The Morgan fingerprint density at radius 3 is 2.64 bits per heavy atom. The molecule has 0 amide bonds. The summed E-state index contributed by atoms with van der Waals surface area (Å²) < 4.78 is 0. The van der Waals surface area contributed by atoms with Gasteiger partial charge >= 0.3 is 5.97 Å². The minimum atomic E-state index is -1.02. The predicted molar refractivity (Wildman–Crippen MR) is 112 cm³/mol. The number of fused-ring (bicyclic) bond motifs is 3. The lowest BCUT2D eigenvalue weighted by Crippen LogP contribution is -2.05. The molecule has 0 fully saturated rings. The molecule has 0 radical (unpaired) electrons. The molecule has 2 aromatic heterocycles. The Kier molecular flexibility index (Phi) is 5.75. The molecule has 6 nitrogen and oxygen atoms in total. The van der Waals surface area contributed by atoms with Gasteiger partial charge in [-0.2, -0.15) is 0 Å². The summed E-state index contributed by atoms with van der Waals surface area (Å²) in [6, 6.07) is 15.5. The van der Waals surface area contributed by atoms with E-state index in [0.717, 1.165) is 27.5 Å². The number of aromatic amines is 1. The van der Waals surface area contributed by atoms with Gasteiger partial charge in [0.2, 0.25) is 0 Å². The molecule has 2 aromatic carbocycles. The van der Waals surface area contributed by atoms with Crippen LogP contribution in [0.1, 0.15) is 27.3 Å². The quantitative estimate of drug-likeness (QED) is 0.435. The lowest BCUT2D eigenvalue weighted by molar-refractivity contribution is 0.0689. The number of pyridine rings is 1. The minimum Gasteiger partial charge on any atom is -0.478 e. The van der Waals surface area contributed by atoms with Crippen molar-refractivity contribution in [2.75, 3.05) is 0 Å². The summed E-state index contributed by atoms with van der Waals surface area (Å²) in [5, 5.41) is 12.0. The second kappa shape index (κ2) is 8.22. The molecule has 2 heterocycles. The highest BCUT2D eigenvalue weighted by Crippen LogP contribution is 2.30. The fraction of sp³-hybridized carbons (Fsp3) is 0.0476. The molecule has 0 spiro atoms. The van der Waals surface area contributed by atoms with Crippen LogP contribution in [0.15, 0.2) is 54.7 Å². The van der Waals surface area contributed by atoms with Crippen molar-refractivity contribution in [3.63, 3.8) is 0 Å². The van der Waals surface area contributed by atoms with E-state index in [1.165, 1.54) is 0 Å². The summed E-state index contributed by atoms with van der Waals surface area (Å²) in [5.41, 5.74) is 3.20. The van der Waals surface area contributed by atoms with E-state index in [9.17, 15) is 9.90 Å². The van der Waals surface area contributed by atoms with Crippen LogP contribution < -0.4 is 5.90 Å². The van der Waals surface area contributed by atoms with Gasteiger partial charge < -0.3 is 10.1 Å².